The smallest absolute Gasteiger partial charge is 0.184 e. The van der Waals surface area contributed by atoms with E-state index in [-0.39, 0.29) is 11.2 Å². The van der Waals surface area contributed by atoms with Crippen molar-refractivity contribution in [2.24, 2.45) is 0 Å². The van der Waals surface area contributed by atoms with E-state index in [4.69, 9.17) is 0 Å². The maximum Gasteiger partial charge on any atom is 0.184 e. The standard InChI is InChI=1S/C14H12FNO/c1-9-3-4-11(7-10(2)14(9)17)13-6-5-12(15)8-16-13/h3-8H,1-2H3. The van der Waals surface area contributed by atoms with Gasteiger partial charge in [-0.2, -0.15) is 0 Å². The van der Waals surface area contributed by atoms with Crippen LogP contribution in [0.15, 0.2) is 41.3 Å². The summed E-state index contributed by atoms with van der Waals surface area (Å²) in [5, 5.41) is 0. The van der Waals surface area contributed by atoms with Crippen LogP contribution in [0.4, 0.5) is 4.39 Å². The molecule has 2 nitrogen and oxygen atoms in total. The molecule has 0 bridgehead atoms. The van der Waals surface area contributed by atoms with Gasteiger partial charge in [-0.1, -0.05) is 12.1 Å². The maximum atomic E-state index is 12.8. The van der Waals surface area contributed by atoms with E-state index >= 15 is 0 Å². The molecule has 0 aliphatic heterocycles. The van der Waals surface area contributed by atoms with Crippen LogP contribution in [0.3, 0.4) is 0 Å². The number of aryl methyl sites for hydroxylation is 2. The summed E-state index contributed by atoms with van der Waals surface area (Å²) in [6.45, 7) is 3.54. The van der Waals surface area contributed by atoms with Crippen LogP contribution in [0, 0.1) is 19.7 Å². The maximum absolute atomic E-state index is 12.8. The third-order valence-electron chi connectivity index (χ3n) is 2.62. The van der Waals surface area contributed by atoms with E-state index in [2.05, 4.69) is 4.98 Å². The summed E-state index contributed by atoms with van der Waals surface area (Å²) in [6, 6.07) is 8.31. The predicted molar refractivity (Wildman–Crippen MR) is 65.4 cm³/mol. The molecule has 1 aromatic heterocycles. The zero-order valence-corrected chi connectivity index (χ0v) is 9.70. The van der Waals surface area contributed by atoms with Crippen molar-refractivity contribution in [3.8, 4) is 11.3 Å². The molecule has 0 unspecified atom stereocenters. The van der Waals surface area contributed by atoms with Crippen molar-refractivity contribution in [3.05, 3.63) is 63.7 Å². The van der Waals surface area contributed by atoms with Crippen molar-refractivity contribution in [3.63, 3.8) is 0 Å². The lowest BCUT2D eigenvalue weighted by atomic mass is 10.1. The predicted octanol–water partition coefficient (Wildman–Crippen LogP) is 2.86. The summed E-state index contributed by atoms with van der Waals surface area (Å²) in [4.78, 5) is 15.7. The van der Waals surface area contributed by atoms with Gasteiger partial charge in [0, 0.05) is 5.56 Å². The van der Waals surface area contributed by atoms with Crippen molar-refractivity contribution in [1.82, 2.24) is 4.98 Å². The summed E-state index contributed by atoms with van der Waals surface area (Å²) in [7, 11) is 0. The van der Waals surface area contributed by atoms with E-state index in [1.165, 1.54) is 12.3 Å². The molecule has 0 atom stereocenters. The van der Waals surface area contributed by atoms with E-state index in [1.54, 1.807) is 32.0 Å². The largest absolute Gasteiger partial charge is 0.289 e. The van der Waals surface area contributed by atoms with E-state index in [0.29, 0.717) is 16.8 Å². The number of rotatable bonds is 1. The van der Waals surface area contributed by atoms with Gasteiger partial charge in [-0.25, -0.2) is 4.39 Å². The zero-order valence-electron chi connectivity index (χ0n) is 9.70. The number of pyridine rings is 1. The molecule has 0 spiro atoms. The Labute approximate surface area is 98.8 Å². The highest BCUT2D eigenvalue weighted by Gasteiger charge is 2.02. The van der Waals surface area contributed by atoms with E-state index < -0.39 is 0 Å². The van der Waals surface area contributed by atoms with Gasteiger partial charge in [0.25, 0.3) is 0 Å². The first kappa shape index (κ1) is 11.5. The van der Waals surface area contributed by atoms with Gasteiger partial charge < -0.3 is 0 Å². The van der Waals surface area contributed by atoms with Crippen LogP contribution >= 0.6 is 0 Å². The van der Waals surface area contributed by atoms with Crippen LogP contribution in [0.5, 0.6) is 0 Å². The Kier molecular flexibility index (Phi) is 3.00. The van der Waals surface area contributed by atoms with Crippen LogP contribution in [-0.2, 0) is 0 Å². The molecule has 0 saturated heterocycles. The molecule has 1 heterocycles. The molecule has 0 aliphatic carbocycles. The first-order chi connectivity index (χ1) is 8.08. The highest BCUT2D eigenvalue weighted by molar-refractivity contribution is 5.59. The molecule has 0 saturated carbocycles. The Hall–Kier alpha value is -2.03. The monoisotopic (exact) mass is 229 g/mol. The lowest BCUT2D eigenvalue weighted by molar-refractivity contribution is 0.622. The van der Waals surface area contributed by atoms with Gasteiger partial charge in [-0.15, -0.1) is 0 Å². The molecular formula is C14H12FNO. The molecule has 0 amide bonds. The second-order valence-corrected chi connectivity index (χ2v) is 3.99. The lowest BCUT2D eigenvalue weighted by Crippen LogP contribution is -2.03. The Morgan fingerprint density at radius 2 is 1.82 bits per heavy atom. The van der Waals surface area contributed by atoms with Crippen LogP contribution in [-0.4, -0.2) is 4.98 Å². The second-order valence-electron chi connectivity index (χ2n) is 3.99. The average molecular weight is 229 g/mol. The van der Waals surface area contributed by atoms with Crippen LogP contribution < -0.4 is 5.43 Å². The van der Waals surface area contributed by atoms with Crippen molar-refractivity contribution < 1.29 is 4.39 Å². The Balaban J connectivity index is 2.62. The molecule has 3 heteroatoms. The molecular weight excluding hydrogens is 217 g/mol. The van der Waals surface area contributed by atoms with Crippen molar-refractivity contribution in [1.29, 1.82) is 0 Å². The first-order valence-electron chi connectivity index (χ1n) is 5.31. The molecule has 0 fully saturated rings. The summed E-state index contributed by atoms with van der Waals surface area (Å²) in [6.07, 6.45) is 1.17. The quantitative estimate of drug-likeness (QED) is 0.752. The van der Waals surface area contributed by atoms with Gasteiger partial charge in [0.15, 0.2) is 5.43 Å². The lowest BCUT2D eigenvalue weighted by Gasteiger charge is -1.97. The molecule has 0 radical (unpaired) electrons. The van der Waals surface area contributed by atoms with Crippen LogP contribution in [0.25, 0.3) is 11.3 Å². The van der Waals surface area contributed by atoms with Crippen molar-refractivity contribution >= 4 is 0 Å². The molecule has 1 aromatic carbocycles. The van der Waals surface area contributed by atoms with Gasteiger partial charge in [0.2, 0.25) is 0 Å². The fourth-order valence-corrected chi connectivity index (χ4v) is 1.65. The van der Waals surface area contributed by atoms with E-state index in [0.717, 1.165) is 5.56 Å². The number of hydrogen-bond acceptors (Lipinski definition) is 2. The number of halogens is 1. The highest BCUT2D eigenvalue weighted by Crippen LogP contribution is 2.16. The van der Waals surface area contributed by atoms with Gasteiger partial charge in [0.1, 0.15) is 5.82 Å². The van der Waals surface area contributed by atoms with Crippen LogP contribution in [0.1, 0.15) is 11.1 Å². The van der Waals surface area contributed by atoms with Crippen molar-refractivity contribution in [2.45, 2.75) is 13.8 Å². The summed E-state index contributed by atoms with van der Waals surface area (Å²) in [5.74, 6) is -0.369. The van der Waals surface area contributed by atoms with E-state index in [9.17, 15) is 9.18 Å². The van der Waals surface area contributed by atoms with Crippen LogP contribution in [0.2, 0.25) is 0 Å². The van der Waals surface area contributed by atoms with Gasteiger partial charge in [-0.3, -0.25) is 9.78 Å². The van der Waals surface area contributed by atoms with Gasteiger partial charge in [0.05, 0.1) is 11.9 Å². The number of hydrogen-bond donors (Lipinski definition) is 0. The molecule has 2 rings (SSSR count). The van der Waals surface area contributed by atoms with Gasteiger partial charge >= 0.3 is 0 Å². The Bertz CT molecular complexity index is 606. The zero-order chi connectivity index (χ0) is 12.4. The topological polar surface area (TPSA) is 30.0 Å². The van der Waals surface area contributed by atoms with E-state index in [1.807, 2.05) is 6.07 Å². The third-order valence-corrected chi connectivity index (χ3v) is 2.62. The minimum atomic E-state index is -0.369. The summed E-state index contributed by atoms with van der Waals surface area (Å²) >= 11 is 0. The summed E-state index contributed by atoms with van der Waals surface area (Å²) < 4.78 is 12.8. The Morgan fingerprint density at radius 1 is 1.06 bits per heavy atom. The minimum absolute atomic E-state index is 0.0263. The third kappa shape index (κ3) is 2.38. The second kappa shape index (κ2) is 4.45. The SMILES string of the molecule is Cc1ccc(-c2ccc(F)cn2)cc(C)c1=O. The first-order valence-corrected chi connectivity index (χ1v) is 5.31. The average Bonchev–Trinajstić information content (AvgIpc) is 2.44. The van der Waals surface area contributed by atoms with Crippen molar-refractivity contribution in [2.75, 3.05) is 0 Å². The normalized spacial score (nSPS) is 10.3. The molecule has 2 aromatic rings. The summed E-state index contributed by atoms with van der Waals surface area (Å²) in [5.41, 5.74) is 2.85. The fraction of sp³-hybridized carbons (Fsp3) is 0.143. The molecule has 0 aliphatic rings. The molecule has 0 N–H and O–H groups in total. The fourth-order valence-electron chi connectivity index (χ4n) is 1.65. The highest BCUT2D eigenvalue weighted by atomic mass is 19.1. The minimum Gasteiger partial charge on any atom is -0.289 e. The Morgan fingerprint density at radius 3 is 2.47 bits per heavy atom. The molecule has 86 valence electrons. The number of aromatic nitrogens is 1. The molecule has 17 heavy (non-hydrogen) atoms. The van der Waals surface area contributed by atoms with Gasteiger partial charge in [-0.05, 0) is 43.2 Å². The number of nitrogens with zero attached hydrogens (tertiary/aromatic N) is 1.